The number of nitrogens with two attached hydrogens (primary N) is 1. The van der Waals surface area contributed by atoms with Gasteiger partial charge in [0.1, 0.15) is 0 Å². The molecule has 2 N–H and O–H groups in total. The van der Waals surface area contributed by atoms with E-state index in [0.717, 1.165) is 13.1 Å². The minimum atomic E-state index is 0.0488. The van der Waals surface area contributed by atoms with Gasteiger partial charge in [0.25, 0.3) is 0 Å². The second-order valence-corrected chi connectivity index (χ2v) is 4.70. The number of nitrogen functional groups attached to an aromatic ring is 1. The number of rotatable bonds is 3. The van der Waals surface area contributed by atoms with Crippen molar-refractivity contribution >= 4 is 11.5 Å². The van der Waals surface area contributed by atoms with Crippen LogP contribution in [0.15, 0.2) is 12.1 Å². The molecule has 0 unspecified atom stereocenters. The Balaban J connectivity index is 1.80. The smallest absolute Gasteiger partial charge is 0.231 e. The Morgan fingerprint density at radius 2 is 1.89 bits per heavy atom. The van der Waals surface area contributed by atoms with Crippen LogP contribution in [0.2, 0.25) is 0 Å². The maximum Gasteiger partial charge on any atom is 0.231 e. The van der Waals surface area contributed by atoms with Crippen LogP contribution < -0.4 is 15.2 Å². The highest BCUT2D eigenvalue weighted by atomic mass is 16.7. The number of anilines is 1. The molecule has 0 amide bonds. The van der Waals surface area contributed by atoms with Crippen molar-refractivity contribution in [3.8, 4) is 11.5 Å². The summed E-state index contributed by atoms with van der Waals surface area (Å²) in [7, 11) is 0. The first-order valence-electron chi connectivity index (χ1n) is 6.19. The molecule has 2 heterocycles. The fourth-order valence-electron chi connectivity index (χ4n) is 2.43. The van der Waals surface area contributed by atoms with Crippen LogP contribution in [0.25, 0.3) is 0 Å². The molecule has 2 aliphatic heterocycles. The van der Waals surface area contributed by atoms with E-state index in [1.54, 1.807) is 12.1 Å². The molecule has 3 rings (SSSR count). The quantitative estimate of drug-likeness (QED) is 0.644. The fourth-order valence-corrected chi connectivity index (χ4v) is 2.43. The Hall–Kier alpha value is -1.75. The number of carbonyl (C=O) groups is 1. The summed E-state index contributed by atoms with van der Waals surface area (Å²) >= 11 is 0. The predicted molar refractivity (Wildman–Crippen MR) is 67.0 cm³/mol. The van der Waals surface area contributed by atoms with Crippen molar-refractivity contribution in [2.75, 3.05) is 32.2 Å². The predicted octanol–water partition coefficient (Wildman–Crippen LogP) is 1.28. The first-order valence-corrected chi connectivity index (χ1v) is 6.19. The topological polar surface area (TPSA) is 64.8 Å². The summed E-state index contributed by atoms with van der Waals surface area (Å²) in [6.07, 6.45) is 2.34. The number of ketones is 1. The molecular weight excluding hydrogens is 232 g/mol. The monoisotopic (exact) mass is 248 g/mol. The molecule has 1 aromatic carbocycles. The highest BCUT2D eigenvalue weighted by Crippen LogP contribution is 2.36. The standard InChI is InChI=1S/C13H16N2O3/c14-10-6-13-12(17-8-18-13)5-9(10)11(16)7-15-3-1-2-4-15/h5-6H,1-4,7-8,14H2. The summed E-state index contributed by atoms with van der Waals surface area (Å²) in [5.74, 6) is 1.27. The molecule has 96 valence electrons. The lowest BCUT2D eigenvalue weighted by Gasteiger charge is -2.14. The molecular formula is C13H16N2O3. The Kier molecular flexibility index (Phi) is 2.83. The van der Waals surface area contributed by atoms with Crippen molar-refractivity contribution in [2.24, 2.45) is 0 Å². The zero-order chi connectivity index (χ0) is 12.5. The van der Waals surface area contributed by atoms with Crippen molar-refractivity contribution in [2.45, 2.75) is 12.8 Å². The molecule has 0 saturated carbocycles. The largest absolute Gasteiger partial charge is 0.454 e. The van der Waals surface area contributed by atoms with Gasteiger partial charge in [-0.3, -0.25) is 9.69 Å². The van der Waals surface area contributed by atoms with Crippen molar-refractivity contribution in [3.05, 3.63) is 17.7 Å². The van der Waals surface area contributed by atoms with Crippen molar-refractivity contribution in [1.29, 1.82) is 0 Å². The van der Waals surface area contributed by atoms with Gasteiger partial charge in [-0.15, -0.1) is 0 Å². The van der Waals surface area contributed by atoms with Gasteiger partial charge in [0.2, 0.25) is 6.79 Å². The van der Waals surface area contributed by atoms with E-state index in [9.17, 15) is 4.79 Å². The summed E-state index contributed by atoms with van der Waals surface area (Å²) in [5, 5.41) is 0. The Labute approximate surface area is 105 Å². The minimum Gasteiger partial charge on any atom is -0.454 e. The number of fused-ring (bicyclic) bond motifs is 1. The maximum absolute atomic E-state index is 12.2. The third-order valence-corrected chi connectivity index (χ3v) is 3.41. The molecule has 2 aliphatic rings. The summed E-state index contributed by atoms with van der Waals surface area (Å²) in [5.41, 5.74) is 6.89. The number of benzene rings is 1. The molecule has 0 aromatic heterocycles. The number of Topliss-reactive ketones (excluding diaryl/α,β-unsaturated/α-hetero) is 1. The number of ether oxygens (including phenoxy) is 2. The van der Waals surface area contributed by atoms with E-state index < -0.39 is 0 Å². The molecule has 0 aliphatic carbocycles. The third kappa shape index (κ3) is 2.01. The van der Waals surface area contributed by atoms with Gasteiger partial charge >= 0.3 is 0 Å². The van der Waals surface area contributed by atoms with Crippen LogP contribution in [0.3, 0.4) is 0 Å². The van der Waals surface area contributed by atoms with Gasteiger partial charge in [-0.1, -0.05) is 0 Å². The van der Waals surface area contributed by atoms with Gasteiger partial charge in [-0.25, -0.2) is 0 Å². The van der Waals surface area contributed by atoms with Crippen LogP contribution in [-0.2, 0) is 0 Å². The van der Waals surface area contributed by atoms with E-state index in [2.05, 4.69) is 4.90 Å². The Morgan fingerprint density at radius 1 is 1.22 bits per heavy atom. The van der Waals surface area contributed by atoms with Crippen LogP contribution in [0.4, 0.5) is 5.69 Å². The molecule has 18 heavy (non-hydrogen) atoms. The van der Waals surface area contributed by atoms with Gasteiger partial charge in [0.05, 0.1) is 6.54 Å². The van der Waals surface area contributed by atoms with Crippen LogP contribution in [0.1, 0.15) is 23.2 Å². The minimum absolute atomic E-state index is 0.0488. The van der Waals surface area contributed by atoms with Crippen LogP contribution >= 0.6 is 0 Å². The molecule has 0 bridgehead atoms. The van der Waals surface area contributed by atoms with Gasteiger partial charge in [0.15, 0.2) is 17.3 Å². The fraction of sp³-hybridized carbons (Fsp3) is 0.462. The summed E-state index contributed by atoms with van der Waals surface area (Å²) in [6.45, 7) is 2.62. The first kappa shape index (κ1) is 11.3. The van der Waals surface area contributed by atoms with E-state index in [1.165, 1.54) is 12.8 Å². The Bertz CT molecular complexity index is 481. The molecule has 1 saturated heterocycles. The number of hydrogen-bond donors (Lipinski definition) is 1. The average molecular weight is 248 g/mol. The highest BCUT2D eigenvalue weighted by molar-refractivity contribution is 6.03. The van der Waals surface area contributed by atoms with Gasteiger partial charge in [-0.05, 0) is 32.0 Å². The first-order chi connectivity index (χ1) is 8.74. The van der Waals surface area contributed by atoms with E-state index in [-0.39, 0.29) is 12.6 Å². The highest BCUT2D eigenvalue weighted by Gasteiger charge is 2.22. The summed E-state index contributed by atoms with van der Waals surface area (Å²) in [6, 6.07) is 3.36. The Morgan fingerprint density at radius 3 is 2.61 bits per heavy atom. The lowest BCUT2D eigenvalue weighted by molar-refractivity contribution is 0.0945. The number of hydrogen-bond acceptors (Lipinski definition) is 5. The molecule has 0 radical (unpaired) electrons. The van der Waals surface area contributed by atoms with Gasteiger partial charge < -0.3 is 15.2 Å². The summed E-state index contributed by atoms with van der Waals surface area (Å²) < 4.78 is 10.5. The molecule has 0 atom stereocenters. The van der Waals surface area contributed by atoms with Gasteiger partial charge in [0, 0.05) is 17.3 Å². The SMILES string of the molecule is Nc1cc2c(cc1C(=O)CN1CCCC1)OCO2. The second-order valence-electron chi connectivity index (χ2n) is 4.70. The van der Waals surface area contributed by atoms with E-state index in [4.69, 9.17) is 15.2 Å². The zero-order valence-corrected chi connectivity index (χ0v) is 10.1. The van der Waals surface area contributed by atoms with E-state index in [1.807, 2.05) is 0 Å². The van der Waals surface area contributed by atoms with Crippen molar-refractivity contribution in [1.82, 2.24) is 4.90 Å². The number of carbonyl (C=O) groups excluding carboxylic acids is 1. The van der Waals surface area contributed by atoms with Gasteiger partial charge in [-0.2, -0.15) is 0 Å². The number of nitrogens with zero attached hydrogens (tertiary/aromatic N) is 1. The maximum atomic E-state index is 12.2. The van der Waals surface area contributed by atoms with E-state index in [0.29, 0.717) is 29.3 Å². The molecule has 0 spiro atoms. The average Bonchev–Trinajstić information content (AvgIpc) is 2.98. The zero-order valence-electron chi connectivity index (χ0n) is 10.1. The third-order valence-electron chi connectivity index (χ3n) is 3.41. The summed E-state index contributed by atoms with van der Waals surface area (Å²) in [4.78, 5) is 14.4. The van der Waals surface area contributed by atoms with E-state index >= 15 is 0 Å². The van der Waals surface area contributed by atoms with Crippen LogP contribution in [-0.4, -0.2) is 37.1 Å². The lowest BCUT2D eigenvalue weighted by Crippen LogP contribution is -2.27. The van der Waals surface area contributed by atoms with Crippen molar-refractivity contribution < 1.29 is 14.3 Å². The molecule has 5 heteroatoms. The van der Waals surface area contributed by atoms with Crippen LogP contribution in [0.5, 0.6) is 11.5 Å². The van der Waals surface area contributed by atoms with Crippen LogP contribution in [0, 0.1) is 0 Å². The molecule has 5 nitrogen and oxygen atoms in total. The normalized spacial score (nSPS) is 18.2. The second kappa shape index (κ2) is 4.49. The number of likely N-dealkylation sites (tertiary alicyclic amines) is 1. The van der Waals surface area contributed by atoms with Crippen molar-refractivity contribution in [3.63, 3.8) is 0 Å². The molecule has 1 aromatic rings. The molecule has 1 fully saturated rings. The lowest BCUT2D eigenvalue weighted by atomic mass is 10.1.